The molecule has 0 radical (unpaired) electrons. The Bertz CT molecular complexity index is 151. The van der Waals surface area contributed by atoms with Crippen LogP contribution in [-0.2, 0) is 22.9 Å². The molecule has 0 spiro atoms. The molecule has 0 heterocycles. The summed E-state index contributed by atoms with van der Waals surface area (Å²) in [5.74, 6) is 0. The van der Waals surface area contributed by atoms with Gasteiger partial charge in [-0.15, -0.1) is 0 Å². The van der Waals surface area contributed by atoms with E-state index in [1.165, 1.54) is 7.11 Å². The molecule has 0 saturated heterocycles. The minimum Gasteiger partial charge on any atom is -0.382 e. The van der Waals surface area contributed by atoms with Gasteiger partial charge in [-0.1, -0.05) is 0 Å². The number of ether oxygens (including phenoxy) is 1. The van der Waals surface area contributed by atoms with Crippen LogP contribution in [0.5, 0.6) is 0 Å². The van der Waals surface area contributed by atoms with E-state index in [4.69, 9.17) is 18.3 Å². The molecule has 6 heteroatoms. The van der Waals surface area contributed by atoms with Gasteiger partial charge < -0.3 is 4.74 Å². The maximum Gasteiger partial charge on any atom is 0.474 e. The second-order valence-electron chi connectivity index (χ2n) is 2.11. The SMILES string of the molecule is CCOP(=O)(OCC)OCCOC. The first-order valence-corrected chi connectivity index (χ1v) is 5.67. The molecule has 0 amide bonds. The van der Waals surface area contributed by atoms with Crippen molar-refractivity contribution in [3.05, 3.63) is 0 Å². The van der Waals surface area contributed by atoms with Gasteiger partial charge in [0.25, 0.3) is 0 Å². The highest BCUT2D eigenvalue weighted by molar-refractivity contribution is 7.48. The molecule has 0 aromatic heterocycles. The Labute approximate surface area is 78.9 Å². The number of hydrogen-bond donors (Lipinski definition) is 0. The molecular weight excluding hydrogens is 195 g/mol. The summed E-state index contributed by atoms with van der Waals surface area (Å²) in [5.41, 5.74) is 0. The quantitative estimate of drug-likeness (QED) is 0.453. The van der Waals surface area contributed by atoms with Crippen molar-refractivity contribution in [1.29, 1.82) is 0 Å². The van der Waals surface area contributed by atoms with Crippen LogP contribution in [0.4, 0.5) is 0 Å². The second-order valence-corrected chi connectivity index (χ2v) is 3.78. The van der Waals surface area contributed by atoms with Crippen molar-refractivity contribution in [3.63, 3.8) is 0 Å². The third-order valence-electron chi connectivity index (χ3n) is 1.11. The first-order valence-electron chi connectivity index (χ1n) is 4.21. The number of hydrogen-bond acceptors (Lipinski definition) is 5. The van der Waals surface area contributed by atoms with Gasteiger partial charge in [0.15, 0.2) is 0 Å². The lowest BCUT2D eigenvalue weighted by Gasteiger charge is -2.15. The second kappa shape index (κ2) is 7.47. The molecule has 0 aromatic carbocycles. The summed E-state index contributed by atoms with van der Waals surface area (Å²) in [5, 5.41) is 0. The molecule has 0 aliphatic heterocycles. The zero-order valence-corrected chi connectivity index (χ0v) is 9.21. The summed E-state index contributed by atoms with van der Waals surface area (Å²) in [6, 6.07) is 0. The van der Waals surface area contributed by atoms with Gasteiger partial charge in [-0.25, -0.2) is 4.57 Å². The van der Waals surface area contributed by atoms with Gasteiger partial charge in [0, 0.05) is 7.11 Å². The molecule has 0 atom stereocenters. The zero-order valence-electron chi connectivity index (χ0n) is 8.32. The lowest BCUT2D eigenvalue weighted by molar-refractivity contribution is 0.0880. The van der Waals surface area contributed by atoms with Gasteiger partial charge >= 0.3 is 7.82 Å². The molecule has 0 fully saturated rings. The van der Waals surface area contributed by atoms with Gasteiger partial charge in [-0.3, -0.25) is 13.6 Å². The fraction of sp³-hybridized carbons (Fsp3) is 1.00. The van der Waals surface area contributed by atoms with Crippen LogP contribution in [0, 0.1) is 0 Å². The number of phosphoric acid groups is 1. The first kappa shape index (κ1) is 13.1. The highest BCUT2D eigenvalue weighted by Crippen LogP contribution is 2.48. The first-order chi connectivity index (χ1) is 6.18. The predicted molar refractivity (Wildman–Crippen MR) is 48.7 cm³/mol. The summed E-state index contributed by atoms with van der Waals surface area (Å²) < 4.78 is 31.0. The summed E-state index contributed by atoms with van der Waals surface area (Å²) in [6.07, 6.45) is 0. The van der Waals surface area contributed by atoms with Crippen LogP contribution in [0.2, 0.25) is 0 Å². The van der Waals surface area contributed by atoms with E-state index in [-0.39, 0.29) is 6.61 Å². The molecule has 0 bridgehead atoms. The fourth-order valence-electron chi connectivity index (χ4n) is 0.660. The van der Waals surface area contributed by atoms with Gasteiger partial charge in [0.1, 0.15) is 0 Å². The van der Waals surface area contributed by atoms with Crippen molar-refractivity contribution in [2.45, 2.75) is 13.8 Å². The van der Waals surface area contributed by atoms with E-state index in [9.17, 15) is 4.57 Å². The van der Waals surface area contributed by atoms with Crippen molar-refractivity contribution in [2.24, 2.45) is 0 Å². The maximum absolute atomic E-state index is 11.6. The summed E-state index contributed by atoms with van der Waals surface area (Å²) in [6.45, 7) is 4.61. The van der Waals surface area contributed by atoms with Gasteiger partial charge in [-0.05, 0) is 13.8 Å². The third kappa shape index (κ3) is 6.18. The van der Waals surface area contributed by atoms with E-state index >= 15 is 0 Å². The number of phosphoric ester groups is 1. The normalized spacial score (nSPS) is 11.9. The van der Waals surface area contributed by atoms with E-state index in [1.54, 1.807) is 13.8 Å². The van der Waals surface area contributed by atoms with Crippen LogP contribution >= 0.6 is 7.82 Å². The van der Waals surface area contributed by atoms with Gasteiger partial charge in [-0.2, -0.15) is 0 Å². The molecular formula is C7H17O5P. The van der Waals surface area contributed by atoms with Crippen molar-refractivity contribution < 1.29 is 22.9 Å². The summed E-state index contributed by atoms with van der Waals surface area (Å²) in [4.78, 5) is 0. The van der Waals surface area contributed by atoms with E-state index in [0.717, 1.165) is 0 Å². The van der Waals surface area contributed by atoms with Crippen LogP contribution in [-0.4, -0.2) is 33.5 Å². The highest BCUT2D eigenvalue weighted by Gasteiger charge is 2.24. The molecule has 0 N–H and O–H groups in total. The molecule has 0 saturated carbocycles. The van der Waals surface area contributed by atoms with Crippen molar-refractivity contribution in [3.8, 4) is 0 Å². The van der Waals surface area contributed by atoms with Crippen LogP contribution in [0.1, 0.15) is 13.8 Å². The van der Waals surface area contributed by atoms with Crippen LogP contribution < -0.4 is 0 Å². The smallest absolute Gasteiger partial charge is 0.382 e. The molecule has 0 aliphatic carbocycles. The van der Waals surface area contributed by atoms with Crippen molar-refractivity contribution in [1.82, 2.24) is 0 Å². The molecule has 0 aromatic rings. The van der Waals surface area contributed by atoms with Crippen molar-refractivity contribution >= 4 is 7.82 Å². The molecule has 0 unspecified atom stereocenters. The molecule has 5 nitrogen and oxygen atoms in total. The Balaban J connectivity index is 3.85. The van der Waals surface area contributed by atoms with E-state index in [0.29, 0.717) is 19.8 Å². The number of methoxy groups -OCH3 is 1. The Morgan fingerprint density at radius 3 is 1.92 bits per heavy atom. The lowest BCUT2D eigenvalue weighted by atomic mass is 10.8. The summed E-state index contributed by atoms with van der Waals surface area (Å²) >= 11 is 0. The largest absolute Gasteiger partial charge is 0.474 e. The van der Waals surface area contributed by atoms with E-state index in [1.807, 2.05) is 0 Å². The van der Waals surface area contributed by atoms with Gasteiger partial charge in [0.05, 0.1) is 26.4 Å². The van der Waals surface area contributed by atoms with Gasteiger partial charge in [0.2, 0.25) is 0 Å². The zero-order chi connectivity index (χ0) is 10.2. The fourth-order valence-corrected chi connectivity index (χ4v) is 1.81. The monoisotopic (exact) mass is 212 g/mol. The Morgan fingerprint density at radius 2 is 1.54 bits per heavy atom. The Kier molecular flexibility index (Phi) is 7.51. The third-order valence-corrected chi connectivity index (χ3v) is 2.76. The number of rotatable bonds is 8. The topological polar surface area (TPSA) is 54.0 Å². The Morgan fingerprint density at radius 1 is 1.00 bits per heavy atom. The van der Waals surface area contributed by atoms with Crippen LogP contribution in [0.3, 0.4) is 0 Å². The molecule has 0 rings (SSSR count). The van der Waals surface area contributed by atoms with E-state index in [2.05, 4.69) is 0 Å². The molecule has 13 heavy (non-hydrogen) atoms. The maximum atomic E-state index is 11.6. The summed E-state index contributed by atoms with van der Waals surface area (Å²) in [7, 11) is -1.79. The van der Waals surface area contributed by atoms with Crippen molar-refractivity contribution in [2.75, 3.05) is 33.5 Å². The minimum atomic E-state index is -3.33. The average Bonchev–Trinajstić information content (AvgIpc) is 2.05. The highest BCUT2D eigenvalue weighted by atomic mass is 31.2. The standard InChI is InChI=1S/C7H17O5P/c1-4-10-13(8,11-5-2)12-7-6-9-3/h4-7H2,1-3H3. The minimum absolute atomic E-state index is 0.202. The molecule has 80 valence electrons. The van der Waals surface area contributed by atoms with Crippen LogP contribution in [0.15, 0.2) is 0 Å². The average molecular weight is 212 g/mol. The lowest BCUT2D eigenvalue weighted by Crippen LogP contribution is -2.04. The van der Waals surface area contributed by atoms with Crippen LogP contribution in [0.25, 0.3) is 0 Å². The van der Waals surface area contributed by atoms with E-state index < -0.39 is 7.82 Å². The molecule has 0 aliphatic rings. The Hall–Kier alpha value is 0.0700. The predicted octanol–water partition coefficient (Wildman–Crippen LogP) is 1.83.